The molecular weight excluding hydrogens is 324 g/mol. The minimum Gasteiger partial charge on any atom is -0.444 e. The molecule has 3 rings (SSSR count). The molecule has 1 aromatic rings. The molecule has 0 unspecified atom stereocenters. The highest BCUT2D eigenvalue weighted by molar-refractivity contribution is 6.33. The van der Waals surface area contributed by atoms with E-state index in [1.165, 1.54) is 6.20 Å². The molecule has 0 spiro atoms. The molecule has 9 heteroatoms. The summed E-state index contributed by atoms with van der Waals surface area (Å²) in [6, 6.07) is -0.0265. The third kappa shape index (κ3) is 3.76. The number of nitrogens with one attached hydrogen (secondary N) is 2. The number of aromatic nitrogens is 2. The second-order valence-electron chi connectivity index (χ2n) is 5.97. The lowest BCUT2D eigenvalue weighted by Crippen LogP contribution is -2.37. The first-order valence-electron chi connectivity index (χ1n) is 7.66. The topological polar surface area (TPSA) is 108 Å². The average molecular weight is 343 g/mol. The van der Waals surface area contributed by atoms with Crippen molar-refractivity contribution in [2.75, 3.05) is 18.0 Å². The van der Waals surface area contributed by atoms with Crippen molar-refractivity contribution in [2.24, 2.45) is 0 Å². The van der Waals surface area contributed by atoms with E-state index in [1.54, 1.807) is 0 Å². The molecule has 3 N–H and O–H groups in total. The zero-order valence-electron chi connectivity index (χ0n) is 12.5. The smallest absolute Gasteiger partial charge is 0.407 e. The van der Waals surface area contributed by atoms with Crippen LogP contribution in [-0.4, -0.2) is 52.7 Å². The summed E-state index contributed by atoms with van der Waals surface area (Å²) < 4.78 is 5.41. The molecule has 0 bridgehead atoms. The third-order valence-electron chi connectivity index (χ3n) is 4.26. The van der Waals surface area contributed by atoms with Crippen LogP contribution in [0.15, 0.2) is 11.0 Å². The Morgan fingerprint density at radius 1 is 1.48 bits per heavy atom. The quantitative estimate of drug-likeness (QED) is 0.744. The number of alkyl carbamates (subject to hydrolysis) is 1. The normalized spacial score (nSPS) is 27.2. The molecule has 1 saturated heterocycles. The van der Waals surface area contributed by atoms with Gasteiger partial charge < -0.3 is 20.1 Å². The number of H-pyrrole nitrogens is 1. The van der Waals surface area contributed by atoms with Gasteiger partial charge in [-0.25, -0.2) is 9.89 Å². The first-order chi connectivity index (χ1) is 11.0. The van der Waals surface area contributed by atoms with Gasteiger partial charge in [0.05, 0.1) is 24.5 Å². The van der Waals surface area contributed by atoms with E-state index in [4.69, 9.17) is 16.3 Å². The zero-order valence-corrected chi connectivity index (χ0v) is 13.3. The fourth-order valence-electron chi connectivity index (χ4n) is 3.08. The molecule has 2 aliphatic rings. The minimum absolute atomic E-state index is 0.0265. The summed E-state index contributed by atoms with van der Waals surface area (Å²) in [6.45, 7) is 1.09. The van der Waals surface area contributed by atoms with E-state index in [2.05, 4.69) is 15.5 Å². The molecule has 2 heterocycles. The lowest BCUT2D eigenvalue weighted by molar-refractivity contribution is 0.104. The number of amides is 1. The predicted octanol–water partition coefficient (Wildman–Crippen LogP) is 0.642. The summed E-state index contributed by atoms with van der Waals surface area (Å²) >= 11 is 5.98. The molecular formula is C14H19ClN4O4. The number of hydrogen-bond donors (Lipinski definition) is 3. The first-order valence-corrected chi connectivity index (χ1v) is 8.04. The lowest BCUT2D eigenvalue weighted by atomic mass is 10.2. The van der Waals surface area contributed by atoms with Crippen molar-refractivity contribution in [2.45, 2.75) is 43.9 Å². The molecule has 1 aliphatic heterocycles. The number of aromatic amines is 1. The average Bonchev–Trinajstić information content (AvgIpc) is 3.11. The number of hydrogen-bond acceptors (Lipinski definition) is 6. The number of rotatable bonds is 3. The maximum absolute atomic E-state index is 11.9. The van der Waals surface area contributed by atoms with Crippen LogP contribution in [0.2, 0.25) is 5.02 Å². The summed E-state index contributed by atoms with van der Waals surface area (Å²) in [6.07, 6.45) is 3.11. The van der Waals surface area contributed by atoms with Crippen LogP contribution in [0.5, 0.6) is 0 Å². The van der Waals surface area contributed by atoms with Crippen LogP contribution in [0.4, 0.5) is 10.5 Å². The van der Waals surface area contributed by atoms with Crippen molar-refractivity contribution >= 4 is 23.4 Å². The van der Waals surface area contributed by atoms with Gasteiger partial charge in [0.2, 0.25) is 0 Å². The number of anilines is 1. The van der Waals surface area contributed by atoms with Gasteiger partial charge in [-0.3, -0.25) is 4.79 Å². The Balaban J connectivity index is 1.52. The van der Waals surface area contributed by atoms with Gasteiger partial charge in [0.25, 0.3) is 5.56 Å². The Bertz CT molecular complexity index is 637. The number of nitrogens with zero attached hydrogens (tertiary/aromatic N) is 2. The molecule has 2 fully saturated rings. The standard InChI is InChI=1S/C14H19ClN4O4/c15-12-11(6-16-18-13(12)21)19-4-3-10(7-19)23-14(22)17-8-1-2-9(20)5-8/h6,8-10,20H,1-5,7H2,(H,17,22)(H,18,21)/t8-,9-,10-/m1/s1. The van der Waals surface area contributed by atoms with E-state index in [1.807, 2.05) is 4.90 Å². The zero-order chi connectivity index (χ0) is 16.4. The van der Waals surface area contributed by atoms with Crippen LogP contribution in [0.25, 0.3) is 0 Å². The van der Waals surface area contributed by atoms with E-state index >= 15 is 0 Å². The Morgan fingerprint density at radius 3 is 3.04 bits per heavy atom. The largest absolute Gasteiger partial charge is 0.444 e. The predicted molar refractivity (Wildman–Crippen MR) is 83.7 cm³/mol. The van der Waals surface area contributed by atoms with Crippen LogP contribution in [0, 0.1) is 0 Å². The third-order valence-corrected chi connectivity index (χ3v) is 4.63. The van der Waals surface area contributed by atoms with Crippen LogP contribution >= 0.6 is 11.6 Å². The van der Waals surface area contributed by atoms with E-state index in [-0.39, 0.29) is 23.3 Å². The van der Waals surface area contributed by atoms with E-state index in [0.717, 1.165) is 6.42 Å². The van der Waals surface area contributed by atoms with Crippen molar-refractivity contribution < 1.29 is 14.6 Å². The van der Waals surface area contributed by atoms with Gasteiger partial charge in [0.15, 0.2) is 0 Å². The molecule has 1 saturated carbocycles. The van der Waals surface area contributed by atoms with Crippen LogP contribution in [0.3, 0.4) is 0 Å². The second kappa shape index (κ2) is 6.76. The summed E-state index contributed by atoms with van der Waals surface area (Å²) in [5, 5.41) is 18.3. The molecule has 23 heavy (non-hydrogen) atoms. The van der Waals surface area contributed by atoms with Crippen LogP contribution < -0.4 is 15.8 Å². The van der Waals surface area contributed by atoms with Gasteiger partial charge in [-0.1, -0.05) is 11.6 Å². The minimum atomic E-state index is -0.467. The van der Waals surface area contributed by atoms with Gasteiger partial charge in [-0.2, -0.15) is 5.10 Å². The highest BCUT2D eigenvalue weighted by Gasteiger charge is 2.30. The summed E-state index contributed by atoms with van der Waals surface area (Å²) in [5.74, 6) is 0. The Morgan fingerprint density at radius 2 is 2.30 bits per heavy atom. The monoisotopic (exact) mass is 342 g/mol. The van der Waals surface area contributed by atoms with E-state index in [0.29, 0.717) is 38.0 Å². The number of carbonyl (C=O) groups is 1. The fraction of sp³-hybridized carbons (Fsp3) is 0.643. The Kier molecular flexibility index (Phi) is 4.72. The highest BCUT2D eigenvalue weighted by Crippen LogP contribution is 2.26. The number of ether oxygens (including phenoxy) is 1. The SMILES string of the molecule is O=C(N[C@@H]1CC[C@@H](O)C1)O[C@@H]1CCN(c2cn[nH]c(=O)c2Cl)C1. The molecule has 126 valence electrons. The van der Waals surface area contributed by atoms with Gasteiger partial charge in [0, 0.05) is 19.0 Å². The number of halogens is 1. The molecule has 0 radical (unpaired) electrons. The maximum Gasteiger partial charge on any atom is 0.407 e. The van der Waals surface area contributed by atoms with Crippen molar-refractivity contribution in [3.05, 3.63) is 21.6 Å². The van der Waals surface area contributed by atoms with Crippen molar-refractivity contribution in [3.8, 4) is 0 Å². The maximum atomic E-state index is 11.9. The molecule has 0 aromatic carbocycles. The summed E-state index contributed by atoms with van der Waals surface area (Å²) in [5.41, 5.74) is 0.104. The highest BCUT2D eigenvalue weighted by atomic mass is 35.5. The van der Waals surface area contributed by atoms with Gasteiger partial charge in [-0.15, -0.1) is 0 Å². The summed E-state index contributed by atoms with van der Waals surface area (Å²) in [4.78, 5) is 25.3. The Labute approximate surface area is 137 Å². The molecule has 8 nitrogen and oxygen atoms in total. The van der Waals surface area contributed by atoms with E-state index in [9.17, 15) is 14.7 Å². The lowest BCUT2D eigenvalue weighted by Gasteiger charge is -2.19. The van der Waals surface area contributed by atoms with Crippen molar-refractivity contribution in [3.63, 3.8) is 0 Å². The van der Waals surface area contributed by atoms with Crippen molar-refractivity contribution in [1.82, 2.24) is 15.5 Å². The van der Waals surface area contributed by atoms with Gasteiger partial charge >= 0.3 is 6.09 Å². The number of carbonyl (C=O) groups excluding carboxylic acids is 1. The molecule has 1 aromatic heterocycles. The fourth-order valence-corrected chi connectivity index (χ4v) is 3.29. The van der Waals surface area contributed by atoms with Gasteiger partial charge in [-0.05, 0) is 19.3 Å². The number of aliphatic hydroxyl groups excluding tert-OH is 1. The number of aliphatic hydroxyl groups is 1. The van der Waals surface area contributed by atoms with Crippen LogP contribution in [0.1, 0.15) is 25.7 Å². The van der Waals surface area contributed by atoms with Crippen LogP contribution in [-0.2, 0) is 4.74 Å². The van der Waals surface area contributed by atoms with Crippen molar-refractivity contribution in [1.29, 1.82) is 0 Å². The Hall–Kier alpha value is -1.80. The summed E-state index contributed by atoms with van der Waals surface area (Å²) in [7, 11) is 0. The molecule has 1 aliphatic carbocycles. The molecule has 1 amide bonds. The van der Waals surface area contributed by atoms with Gasteiger partial charge in [0.1, 0.15) is 11.1 Å². The molecule has 3 atom stereocenters. The first kappa shape index (κ1) is 16.1. The van der Waals surface area contributed by atoms with E-state index < -0.39 is 11.7 Å². The second-order valence-corrected chi connectivity index (χ2v) is 6.35.